The molecule has 26 heteroatoms. The third-order valence-electron chi connectivity index (χ3n) is 11.2. The highest BCUT2D eigenvalue weighted by Gasteiger charge is 2.37. The molecule has 0 aromatic rings. The maximum atomic E-state index is 13.8. The lowest BCUT2D eigenvalue weighted by atomic mass is 9.96. The number of carboxylic acid groups (broad SMARTS) is 3. The standard InChI is InChI=1S/C46H80N10O16/c1-13-24(10)36(45(70)52-30(46(71)72)17-21(4)5)56-42(67)31(19-57)53-39(64)27(14-15-32(58)59)49-44(69)35(23(8)9)54-38(63)26(12)48-43(68)34(22(6)7)55-41(66)29(18-33(60)61)51-40(65)28(16-20(2)3)50-37(62)25(11)47/h20-31,34-36,57H,13-19,47H2,1-12H3,(H,48,68)(H,49,69)(H,50,62)(H,51,65)(H,52,70)(H,53,64)(H,54,63)(H,55,66)(H,56,67)(H,58,59)(H,60,61)(H,71,72)/t24-,25-,26-,27-,28-,29-,30-,31-,34-,35-,36-/m0/s1. The fraction of sp³-hybridized carbons (Fsp3) is 0.739. The van der Waals surface area contributed by atoms with E-state index in [9.17, 15) is 78.0 Å². The van der Waals surface area contributed by atoms with Crippen LogP contribution in [-0.2, 0) is 57.5 Å². The highest BCUT2D eigenvalue weighted by atomic mass is 16.4. The van der Waals surface area contributed by atoms with Gasteiger partial charge in [0.2, 0.25) is 53.2 Å². The van der Waals surface area contributed by atoms with E-state index in [0.29, 0.717) is 6.42 Å². The maximum absolute atomic E-state index is 13.8. The minimum atomic E-state index is -1.75. The first-order chi connectivity index (χ1) is 33.3. The van der Waals surface area contributed by atoms with E-state index in [0.717, 1.165) is 0 Å². The third-order valence-corrected chi connectivity index (χ3v) is 11.2. The van der Waals surface area contributed by atoms with Gasteiger partial charge in [-0.3, -0.25) is 52.7 Å². The number of hydrogen-bond acceptors (Lipinski definition) is 14. The molecule has 410 valence electrons. The molecule has 15 N–H and O–H groups in total. The summed E-state index contributed by atoms with van der Waals surface area (Å²) in [6.07, 6.45) is -1.59. The summed E-state index contributed by atoms with van der Waals surface area (Å²) >= 11 is 0. The Morgan fingerprint density at radius 3 is 1.26 bits per heavy atom. The molecule has 0 heterocycles. The fourth-order valence-corrected chi connectivity index (χ4v) is 6.81. The Bertz CT molecular complexity index is 1910. The van der Waals surface area contributed by atoms with E-state index in [1.807, 2.05) is 0 Å². The van der Waals surface area contributed by atoms with Crippen LogP contribution in [0.25, 0.3) is 0 Å². The van der Waals surface area contributed by atoms with Crippen molar-refractivity contribution in [3.63, 3.8) is 0 Å². The molecule has 0 spiro atoms. The molecular weight excluding hydrogens is 949 g/mol. The lowest BCUT2D eigenvalue weighted by Crippen LogP contribution is -2.62. The molecule has 0 saturated heterocycles. The van der Waals surface area contributed by atoms with Gasteiger partial charge in [0.25, 0.3) is 0 Å². The van der Waals surface area contributed by atoms with Crippen LogP contribution >= 0.6 is 0 Å². The number of nitrogens with one attached hydrogen (secondary N) is 9. The Balaban J connectivity index is 6.27. The Labute approximate surface area is 420 Å². The van der Waals surface area contributed by atoms with Crippen molar-refractivity contribution in [3.8, 4) is 0 Å². The summed E-state index contributed by atoms with van der Waals surface area (Å²) in [5.74, 6) is -14.8. The number of rotatable bonds is 33. The van der Waals surface area contributed by atoms with Crippen LogP contribution in [-0.4, -0.2) is 159 Å². The van der Waals surface area contributed by atoms with Crippen LogP contribution in [0.5, 0.6) is 0 Å². The molecule has 0 aliphatic rings. The van der Waals surface area contributed by atoms with E-state index in [1.54, 1.807) is 41.5 Å². The molecule has 0 saturated carbocycles. The molecule has 0 rings (SSSR count). The molecule has 0 radical (unpaired) electrons. The van der Waals surface area contributed by atoms with Gasteiger partial charge in [-0.1, -0.05) is 75.7 Å². The molecule has 11 atom stereocenters. The number of carboxylic acids is 3. The molecular formula is C46H80N10O16. The van der Waals surface area contributed by atoms with Gasteiger partial charge in [-0.2, -0.15) is 0 Å². The summed E-state index contributed by atoms with van der Waals surface area (Å²) in [7, 11) is 0. The van der Waals surface area contributed by atoms with E-state index in [-0.39, 0.29) is 24.7 Å². The van der Waals surface area contributed by atoms with Gasteiger partial charge < -0.3 is 74.0 Å². The average molecular weight is 1030 g/mol. The van der Waals surface area contributed by atoms with Crippen molar-refractivity contribution in [3.05, 3.63) is 0 Å². The maximum Gasteiger partial charge on any atom is 0.326 e. The van der Waals surface area contributed by atoms with E-state index in [4.69, 9.17) is 5.73 Å². The summed E-state index contributed by atoms with van der Waals surface area (Å²) < 4.78 is 0. The van der Waals surface area contributed by atoms with Gasteiger partial charge in [0.1, 0.15) is 54.4 Å². The second kappa shape index (κ2) is 31.8. The molecule has 0 aromatic heterocycles. The summed E-state index contributed by atoms with van der Waals surface area (Å²) in [6, 6.07) is -14.2. The van der Waals surface area contributed by atoms with Gasteiger partial charge in [-0.15, -0.1) is 0 Å². The smallest absolute Gasteiger partial charge is 0.326 e. The zero-order chi connectivity index (χ0) is 55.9. The number of hydrogen-bond donors (Lipinski definition) is 14. The Morgan fingerprint density at radius 1 is 0.431 bits per heavy atom. The average Bonchev–Trinajstić information content (AvgIpc) is 3.26. The number of carbonyl (C=O) groups is 12. The van der Waals surface area contributed by atoms with Crippen LogP contribution in [0.3, 0.4) is 0 Å². The molecule has 26 nitrogen and oxygen atoms in total. The van der Waals surface area contributed by atoms with Crippen LogP contribution < -0.4 is 53.6 Å². The largest absolute Gasteiger partial charge is 0.481 e. The Kier molecular flexibility index (Phi) is 29.0. The minimum absolute atomic E-state index is 0.0857. The van der Waals surface area contributed by atoms with Crippen molar-refractivity contribution < 1.29 is 78.0 Å². The summed E-state index contributed by atoms with van der Waals surface area (Å²) in [5.41, 5.74) is 5.63. The fourth-order valence-electron chi connectivity index (χ4n) is 6.81. The van der Waals surface area contributed by atoms with Crippen molar-refractivity contribution in [2.45, 2.75) is 182 Å². The molecule has 72 heavy (non-hydrogen) atoms. The van der Waals surface area contributed by atoms with Crippen LogP contribution in [0.4, 0.5) is 0 Å². The number of aliphatic hydroxyl groups excluding tert-OH is 1. The number of carbonyl (C=O) groups excluding carboxylic acids is 9. The summed E-state index contributed by atoms with van der Waals surface area (Å²) in [4.78, 5) is 156. The molecule has 0 fully saturated rings. The minimum Gasteiger partial charge on any atom is -0.481 e. The van der Waals surface area contributed by atoms with Gasteiger partial charge in [-0.05, 0) is 62.7 Å². The summed E-state index contributed by atoms with van der Waals surface area (Å²) in [6.45, 7) is 18.1. The zero-order valence-electron chi connectivity index (χ0n) is 43.4. The lowest BCUT2D eigenvalue weighted by molar-refractivity contribution is -0.143. The highest BCUT2D eigenvalue weighted by Crippen LogP contribution is 2.13. The van der Waals surface area contributed by atoms with Crippen molar-refractivity contribution in [1.29, 1.82) is 0 Å². The number of amides is 9. The first-order valence-electron chi connectivity index (χ1n) is 24.0. The first kappa shape index (κ1) is 65.6. The van der Waals surface area contributed by atoms with E-state index in [2.05, 4.69) is 47.9 Å². The second-order valence-electron chi connectivity index (χ2n) is 19.5. The third kappa shape index (κ3) is 23.6. The van der Waals surface area contributed by atoms with Crippen LogP contribution in [0.2, 0.25) is 0 Å². The number of nitrogens with two attached hydrogens (primary N) is 1. The topological polar surface area (TPSA) is 420 Å². The van der Waals surface area contributed by atoms with Crippen molar-refractivity contribution in [1.82, 2.24) is 47.9 Å². The van der Waals surface area contributed by atoms with Gasteiger partial charge in [0.05, 0.1) is 19.1 Å². The molecule has 9 amide bonds. The van der Waals surface area contributed by atoms with Crippen LogP contribution in [0.1, 0.15) is 122 Å². The normalized spacial score (nSPS) is 15.9. The quantitative estimate of drug-likeness (QED) is 0.0325. The second-order valence-corrected chi connectivity index (χ2v) is 19.5. The van der Waals surface area contributed by atoms with E-state index in [1.165, 1.54) is 41.5 Å². The Morgan fingerprint density at radius 2 is 0.819 bits per heavy atom. The monoisotopic (exact) mass is 1030 g/mol. The highest BCUT2D eigenvalue weighted by molar-refractivity contribution is 5.99. The van der Waals surface area contributed by atoms with Crippen LogP contribution in [0.15, 0.2) is 0 Å². The van der Waals surface area contributed by atoms with Gasteiger partial charge in [-0.25, -0.2) is 4.79 Å². The number of aliphatic carboxylic acids is 3. The Hall–Kier alpha value is -6.44. The predicted molar refractivity (Wildman–Crippen MR) is 259 cm³/mol. The molecule has 0 bridgehead atoms. The lowest BCUT2D eigenvalue weighted by Gasteiger charge is -2.29. The number of aliphatic hydroxyl groups is 1. The van der Waals surface area contributed by atoms with E-state index < -0.39 is 175 Å². The van der Waals surface area contributed by atoms with Gasteiger partial charge in [0, 0.05) is 6.42 Å². The van der Waals surface area contributed by atoms with Gasteiger partial charge in [0.15, 0.2) is 0 Å². The molecule has 0 aliphatic heterocycles. The SMILES string of the molecule is CC[C@H](C)[C@H](NC(=O)[C@H](CO)NC(=O)[C@H](CCC(=O)O)NC(=O)[C@@H](NC(=O)[C@H](C)NC(=O)[C@@H](NC(=O)[C@H](CC(=O)O)NC(=O)[C@H](CC(C)C)NC(=O)[C@H](C)N)C(C)C)C(C)C)C(=O)N[C@@H](CC(C)C)C(=O)O. The molecule has 0 aromatic carbocycles. The zero-order valence-corrected chi connectivity index (χ0v) is 43.4. The first-order valence-corrected chi connectivity index (χ1v) is 24.0. The summed E-state index contributed by atoms with van der Waals surface area (Å²) in [5, 5.41) is 60.4. The van der Waals surface area contributed by atoms with Gasteiger partial charge >= 0.3 is 17.9 Å². The van der Waals surface area contributed by atoms with Crippen molar-refractivity contribution >= 4 is 71.1 Å². The van der Waals surface area contributed by atoms with Crippen LogP contribution in [0, 0.1) is 29.6 Å². The predicted octanol–water partition coefficient (Wildman–Crippen LogP) is -2.42. The molecule has 0 unspecified atom stereocenters. The van der Waals surface area contributed by atoms with Crippen molar-refractivity contribution in [2.75, 3.05) is 6.61 Å². The van der Waals surface area contributed by atoms with E-state index >= 15 is 0 Å². The van der Waals surface area contributed by atoms with Crippen molar-refractivity contribution in [2.24, 2.45) is 35.3 Å². The molecule has 0 aliphatic carbocycles.